The van der Waals surface area contributed by atoms with Gasteiger partial charge in [0.15, 0.2) is 18.0 Å². The molecule has 4 rings (SSSR count). The molecule has 0 aromatic carbocycles. The number of rotatable bonds is 8. The smallest absolute Gasteiger partial charge is 0.434 e. The maximum absolute atomic E-state index is 13.9. The van der Waals surface area contributed by atoms with Gasteiger partial charge in [-0.3, -0.25) is 9.59 Å². The third-order valence-electron chi connectivity index (χ3n) is 10.0. The summed E-state index contributed by atoms with van der Waals surface area (Å²) in [5.74, 6) is -0.235. The van der Waals surface area contributed by atoms with Gasteiger partial charge < -0.3 is 24.1 Å². The fraction of sp³-hybridized carbons (Fsp3) is 0.800. The molecule has 0 radical (unpaired) electrons. The molecule has 0 unspecified atom stereocenters. The van der Waals surface area contributed by atoms with Crippen LogP contribution in [-0.2, 0) is 28.5 Å². The molecular weight excluding hydrogens is 504 g/mol. The molecule has 0 heterocycles. The number of aliphatic hydroxyl groups is 1. The van der Waals surface area contributed by atoms with Crippen molar-refractivity contribution in [3.8, 4) is 0 Å². The van der Waals surface area contributed by atoms with E-state index in [-0.39, 0.29) is 60.9 Å². The van der Waals surface area contributed by atoms with E-state index in [1.807, 2.05) is 27.7 Å². The number of ketones is 2. The minimum absolute atomic E-state index is 0.00211. The highest BCUT2D eigenvalue weighted by Gasteiger charge is 2.70. The molecule has 0 saturated heterocycles. The highest BCUT2D eigenvalue weighted by atomic mass is 16.7. The summed E-state index contributed by atoms with van der Waals surface area (Å²) >= 11 is 0. The van der Waals surface area contributed by atoms with E-state index >= 15 is 0 Å². The van der Waals surface area contributed by atoms with Crippen molar-refractivity contribution in [2.75, 3.05) is 19.8 Å². The first-order valence-electron chi connectivity index (χ1n) is 14.5. The van der Waals surface area contributed by atoms with Gasteiger partial charge in [-0.25, -0.2) is 9.59 Å². The van der Waals surface area contributed by atoms with Gasteiger partial charge in [-0.2, -0.15) is 0 Å². The monoisotopic (exact) mass is 548 g/mol. The molecule has 0 bridgehead atoms. The topological polar surface area (TPSA) is 125 Å². The number of carbonyl (C=O) groups excluding carboxylic acids is 4. The molecule has 0 amide bonds. The third kappa shape index (κ3) is 5.23. The van der Waals surface area contributed by atoms with E-state index in [9.17, 15) is 24.3 Å². The zero-order chi connectivity index (χ0) is 28.6. The summed E-state index contributed by atoms with van der Waals surface area (Å²) in [4.78, 5) is 51.0. The first kappa shape index (κ1) is 29.6. The van der Waals surface area contributed by atoms with Crippen molar-refractivity contribution in [2.45, 2.75) is 97.7 Å². The molecule has 7 atom stereocenters. The van der Waals surface area contributed by atoms with Gasteiger partial charge in [0.2, 0.25) is 5.78 Å². The quantitative estimate of drug-likeness (QED) is 0.409. The van der Waals surface area contributed by atoms with Gasteiger partial charge in [0.05, 0.1) is 19.3 Å². The third-order valence-corrected chi connectivity index (χ3v) is 10.0. The van der Waals surface area contributed by atoms with Crippen LogP contribution >= 0.6 is 0 Å². The van der Waals surface area contributed by atoms with E-state index in [1.54, 1.807) is 6.08 Å². The summed E-state index contributed by atoms with van der Waals surface area (Å²) in [5, 5.41) is 11.7. The van der Waals surface area contributed by atoms with E-state index in [2.05, 4.69) is 6.92 Å². The second-order valence-corrected chi connectivity index (χ2v) is 12.8. The average molecular weight is 549 g/mol. The van der Waals surface area contributed by atoms with Crippen LogP contribution in [0.1, 0.15) is 86.0 Å². The van der Waals surface area contributed by atoms with Gasteiger partial charge in [0.25, 0.3) is 0 Å². The molecule has 9 heteroatoms. The predicted molar refractivity (Wildman–Crippen MR) is 141 cm³/mol. The van der Waals surface area contributed by atoms with Crippen molar-refractivity contribution < 1.29 is 43.2 Å². The molecule has 218 valence electrons. The standard InChI is InChI=1S/C30H44O9/c1-6-13-36-27(35)39-30(24(33)17-38-26(34)37-16-18(2)3)12-10-22-21-8-7-19-14-20(31)9-11-28(19,4)25(21)23(32)15-29(22,30)5/h14,18,21-23,25,32H,6-13,15-17H2,1-5H3/t21-,22-,23-,25+,28-,29-,30-/m0/s1. The van der Waals surface area contributed by atoms with Crippen molar-refractivity contribution in [2.24, 2.45) is 34.5 Å². The molecule has 0 aromatic heterocycles. The Balaban J connectivity index is 1.63. The Morgan fingerprint density at radius 2 is 1.79 bits per heavy atom. The highest BCUT2D eigenvalue weighted by Crippen LogP contribution is 2.68. The van der Waals surface area contributed by atoms with Gasteiger partial charge in [0, 0.05) is 11.8 Å². The number of aliphatic hydroxyl groups excluding tert-OH is 1. The molecule has 1 N–H and O–H groups in total. The lowest BCUT2D eigenvalue weighted by Crippen LogP contribution is -2.63. The zero-order valence-corrected chi connectivity index (χ0v) is 24.0. The van der Waals surface area contributed by atoms with Crippen molar-refractivity contribution in [1.29, 1.82) is 0 Å². The summed E-state index contributed by atoms with van der Waals surface area (Å²) in [6.45, 7) is 9.44. The van der Waals surface area contributed by atoms with Crippen LogP contribution in [0.2, 0.25) is 0 Å². The van der Waals surface area contributed by atoms with Crippen LogP contribution in [0.5, 0.6) is 0 Å². The lowest BCUT2D eigenvalue weighted by atomic mass is 9.45. The zero-order valence-electron chi connectivity index (χ0n) is 24.0. The Kier molecular flexibility index (Phi) is 8.50. The second kappa shape index (κ2) is 11.2. The summed E-state index contributed by atoms with van der Waals surface area (Å²) in [5.41, 5.74) is -1.65. The average Bonchev–Trinajstić information content (AvgIpc) is 3.17. The van der Waals surface area contributed by atoms with Crippen LogP contribution in [0, 0.1) is 34.5 Å². The first-order valence-corrected chi connectivity index (χ1v) is 14.5. The van der Waals surface area contributed by atoms with Crippen molar-refractivity contribution >= 4 is 23.9 Å². The normalized spacial score (nSPS) is 37.2. The van der Waals surface area contributed by atoms with Gasteiger partial charge in [-0.15, -0.1) is 0 Å². The van der Waals surface area contributed by atoms with E-state index < -0.39 is 41.8 Å². The summed E-state index contributed by atoms with van der Waals surface area (Å²) in [6, 6.07) is 0. The molecule has 3 saturated carbocycles. The van der Waals surface area contributed by atoms with Gasteiger partial charge >= 0.3 is 12.3 Å². The summed E-state index contributed by atoms with van der Waals surface area (Å²) < 4.78 is 21.4. The number of Topliss-reactive ketones (excluding diaryl/α,β-unsaturated/α-hetero) is 1. The van der Waals surface area contributed by atoms with Crippen LogP contribution in [0.15, 0.2) is 11.6 Å². The number of carbonyl (C=O) groups is 4. The Hall–Kier alpha value is -2.42. The molecular formula is C30H44O9. The lowest BCUT2D eigenvalue weighted by molar-refractivity contribution is -0.187. The van der Waals surface area contributed by atoms with Crippen molar-refractivity contribution in [3.05, 3.63) is 11.6 Å². The maximum Gasteiger partial charge on any atom is 0.509 e. The highest BCUT2D eigenvalue weighted by molar-refractivity contribution is 5.93. The van der Waals surface area contributed by atoms with Crippen LogP contribution in [0.25, 0.3) is 0 Å². The lowest BCUT2D eigenvalue weighted by Gasteiger charge is -2.60. The van der Waals surface area contributed by atoms with Crippen molar-refractivity contribution in [1.82, 2.24) is 0 Å². The second-order valence-electron chi connectivity index (χ2n) is 12.8. The number of ether oxygens (including phenoxy) is 4. The fourth-order valence-corrected chi connectivity index (χ4v) is 8.23. The molecule has 9 nitrogen and oxygen atoms in total. The molecule has 0 spiro atoms. The van der Waals surface area contributed by atoms with Crippen molar-refractivity contribution in [3.63, 3.8) is 0 Å². The van der Waals surface area contributed by atoms with Crippen LogP contribution < -0.4 is 0 Å². The van der Waals surface area contributed by atoms with E-state index in [0.717, 1.165) is 18.4 Å². The summed E-state index contributed by atoms with van der Waals surface area (Å²) in [6.07, 6.45) is 3.62. The molecule has 4 aliphatic rings. The van der Waals surface area contributed by atoms with Crippen LogP contribution in [0.3, 0.4) is 0 Å². The minimum Gasteiger partial charge on any atom is -0.434 e. The number of hydrogen-bond acceptors (Lipinski definition) is 9. The molecule has 0 aromatic rings. The Labute approximate surface area is 231 Å². The van der Waals surface area contributed by atoms with E-state index in [0.29, 0.717) is 25.7 Å². The summed E-state index contributed by atoms with van der Waals surface area (Å²) in [7, 11) is 0. The van der Waals surface area contributed by atoms with E-state index in [4.69, 9.17) is 18.9 Å². The number of fused-ring (bicyclic) bond motifs is 5. The molecule has 0 aliphatic heterocycles. The van der Waals surface area contributed by atoms with E-state index in [1.165, 1.54) is 0 Å². The molecule has 4 aliphatic carbocycles. The Morgan fingerprint density at radius 1 is 1.05 bits per heavy atom. The van der Waals surface area contributed by atoms with Gasteiger partial charge in [0.1, 0.15) is 0 Å². The molecule has 39 heavy (non-hydrogen) atoms. The van der Waals surface area contributed by atoms with Crippen LogP contribution in [0.4, 0.5) is 9.59 Å². The minimum atomic E-state index is -1.60. The van der Waals surface area contributed by atoms with Gasteiger partial charge in [-0.05, 0) is 80.1 Å². The molecule has 3 fully saturated rings. The fourth-order valence-electron chi connectivity index (χ4n) is 8.23. The number of allylic oxidation sites excluding steroid dienone is 1. The Morgan fingerprint density at radius 3 is 2.49 bits per heavy atom. The van der Waals surface area contributed by atoms with Crippen LogP contribution in [-0.4, -0.2) is 60.5 Å². The predicted octanol–water partition coefficient (Wildman–Crippen LogP) is 5.17. The first-order chi connectivity index (χ1) is 18.4. The van der Waals surface area contributed by atoms with Gasteiger partial charge in [-0.1, -0.05) is 40.2 Å². The Bertz CT molecular complexity index is 1020. The SMILES string of the molecule is CCCOC(=O)O[C@]1(C(=O)COC(=O)OCC(C)C)CC[C@H]2[C@@H]3CCC4=CC(=O)CC[C@]4(C)[C@H]3[C@@H](O)C[C@@]21C. The largest absolute Gasteiger partial charge is 0.509 e. The number of hydrogen-bond donors (Lipinski definition) is 1. The maximum atomic E-state index is 13.9.